The number of nitrogens with one attached hydrogen (secondary N) is 1. The summed E-state index contributed by atoms with van der Waals surface area (Å²) >= 11 is 1.86. The summed E-state index contributed by atoms with van der Waals surface area (Å²) in [5, 5.41) is 6.07. The average Bonchev–Trinajstić information content (AvgIpc) is 3.01. The van der Waals surface area contributed by atoms with Gasteiger partial charge in [0.15, 0.2) is 0 Å². The predicted octanol–water partition coefficient (Wildman–Crippen LogP) is 4.53. The first-order chi connectivity index (χ1) is 9.76. The van der Waals surface area contributed by atoms with Crippen molar-refractivity contribution in [1.29, 1.82) is 0 Å². The maximum absolute atomic E-state index is 6.04. The fourth-order valence-electron chi connectivity index (χ4n) is 4.22. The van der Waals surface area contributed by atoms with Crippen molar-refractivity contribution in [2.24, 2.45) is 5.41 Å². The molecule has 2 fully saturated rings. The van der Waals surface area contributed by atoms with Crippen LogP contribution in [0.4, 0.5) is 0 Å². The maximum atomic E-state index is 6.04. The third kappa shape index (κ3) is 2.56. The van der Waals surface area contributed by atoms with Gasteiger partial charge in [0.05, 0.1) is 6.10 Å². The van der Waals surface area contributed by atoms with E-state index in [0.29, 0.717) is 23.6 Å². The Morgan fingerprint density at radius 2 is 2.20 bits per heavy atom. The van der Waals surface area contributed by atoms with Crippen LogP contribution < -0.4 is 5.32 Å². The second-order valence-corrected chi connectivity index (χ2v) is 7.41. The third-order valence-electron chi connectivity index (χ3n) is 5.36. The van der Waals surface area contributed by atoms with E-state index in [0.717, 1.165) is 6.61 Å². The van der Waals surface area contributed by atoms with E-state index in [1.54, 1.807) is 0 Å². The van der Waals surface area contributed by atoms with Gasteiger partial charge in [-0.1, -0.05) is 25.3 Å². The van der Waals surface area contributed by atoms with Gasteiger partial charge >= 0.3 is 0 Å². The Kier molecular flexibility index (Phi) is 4.49. The van der Waals surface area contributed by atoms with Crippen molar-refractivity contribution < 1.29 is 4.74 Å². The van der Waals surface area contributed by atoms with E-state index in [4.69, 9.17) is 4.74 Å². The standard InChI is InChI=1S/C17H27NOS/c1-3-19-16-12-15(17(16)9-5-4-6-10-17)18-13(2)14-8-7-11-20-14/h7-8,11,13,15-16,18H,3-6,9-10,12H2,1-2H3/t13-,15?,16?/m1/s1. The normalized spacial score (nSPS) is 30.1. The molecule has 2 unspecified atom stereocenters. The molecule has 2 saturated carbocycles. The van der Waals surface area contributed by atoms with Crippen LogP contribution in [-0.2, 0) is 4.74 Å². The molecule has 0 aromatic carbocycles. The fourth-order valence-corrected chi connectivity index (χ4v) is 4.96. The van der Waals surface area contributed by atoms with Gasteiger partial charge in [-0.05, 0) is 44.6 Å². The second kappa shape index (κ2) is 6.17. The molecule has 3 rings (SSSR count). The van der Waals surface area contributed by atoms with Crippen LogP contribution in [0.15, 0.2) is 17.5 Å². The lowest BCUT2D eigenvalue weighted by Crippen LogP contribution is -2.64. The first-order valence-electron chi connectivity index (χ1n) is 8.17. The Morgan fingerprint density at radius 3 is 2.85 bits per heavy atom. The molecule has 112 valence electrons. The number of thiophene rings is 1. The molecule has 1 aromatic rings. The fraction of sp³-hybridized carbons (Fsp3) is 0.765. The minimum absolute atomic E-state index is 0.430. The second-order valence-electron chi connectivity index (χ2n) is 6.43. The number of hydrogen-bond acceptors (Lipinski definition) is 3. The summed E-state index contributed by atoms with van der Waals surface area (Å²) in [6, 6.07) is 5.52. The van der Waals surface area contributed by atoms with E-state index in [1.807, 2.05) is 11.3 Å². The summed E-state index contributed by atoms with van der Waals surface area (Å²) in [4.78, 5) is 1.45. The predicted molar refractivity (Wildman–Crippen MR) is 85.2 cm³/mol. The minimum atomic E-state index is 0.430. The molecule has 1 N–H and O–H groups in total. The van der Waals surface area contributed by atoms with Gasteiger partial charge in [0, 0.05) is 29.0 Å². The van der Waals surface area contributed by atoms with Crippen LogP contribution in [0.2, 0.25) is 0 Å². The molecule has 2 aliphatic carbocycles. The van der Waals surface area contributed by atoms with Gasteiger partial charge in [0.25, 0.3) is 0 Å². The quantitative estimate of drug-likeness (QED) is 0.861. The molecule has 1 aromatic heterocycles. The van der Waals surface area contributed by atoms with Crippen molar-refractivity contribution in [3.05, 3.63) is 22.4 Å². The summed E-state index contributed by atoms with van der Waals surface area (Å²) in [6.45, 7) is 5.29. The van der Waals surface area contributed by atoms with E-state index < -0.39 is 0 Å². The first kappa shape index (κ1) is 14.6. The Morgan fingerprint density at radius 1 is 1.40 bits per heavy atom. The zero-order valence-corrected chi connectivity index (χ0v) is 13.5. The highest BCUT2D eigenvalue weighted by Gasteiger charge is 2.55. The maximum Gasteiger partial charge on any atom is 0.0661 e. The molecule has 20 heavy (non-hydrogen) atoms. The Labute approximate surface area is 126 Å². The summed E-state index contributed by atoms with van der Waals surface area (Å²) < 4.78 is 6.04. The van der Waals surface area contributed by atoms with Gasteiger partial charge in [-0.25, -0.2) is 0 Å². The molecule has 0 amide bonds. The van der Waals surface area contributed by atoms with E-state index in [1.165, 1.54) is 43.4 Å². The molecular weight excluding hydrogens is 266 g/mol. The largest absolute Gasteiger partial charge is 0.378 e. The zero-order chi connectivity index (χ0) is 14.0. The van der Waals surface area contributed by atoms with Crippen molar-refractivity contribution in [2.45, 2.75) is 70.6 Å². The van der Waals surface area contributed by atoms with Crippen molar-refractivity contribution in [1.82, 2.24) is 5.32 Å². The molecule has 1 spiro atoms. The average molecular weight is 293 g/mol. The van der Waals surface area contributed by atoms with Crippen LogP contribution in [0.3, 0.4) is 0 Å². The lowest BCUT2D eigenvalue weighted by molar-refractivity contribution is -0.151. The molecule has 0 bridgehead atoms. The van der Waals surface area contributed by atoms with Gasteiger partial charge < -0.3 is 10.1 Å². The van der Waals surface area contributed by atoms with Crippen molar-refractivity contribution in [2.75, 3.05) is 6.61 Å². The smallest absolute Gasteiger partial charge is 0.0661 e. The number of ether oxygens (including phenoxy) is 1. The van der Waals surface area contributed by atoms with Crippen LogP contribution in [0, 0.1) is 5.41 Å². The zero-order valence-electron chi connectivity index (χ0n) is 12.7. The highest BCUT2D eigenvalue weighted by atomic mass is 32.1. The Balaban J connectivity index is 1.67. The van der Waals surface area contributed by atoms with Gasteiger partial charge in [-0.2, -0.15) is 0 Å². The van der Waals surface area contributed by atoms with Crippen LogP contribution in [0.1, 0.15) is 63.3 Å². The molecule has 3 heteroatoms. The molecule has 1 heterocycles. The highest BCUT2D eigenvalue weighted by molar-refractivity contribution is 7.10. The lowest BCUT2D eigenvalue weighted by Gasteiger charge is -2.58. The van der Waals surface area contributed by atoms with E-state index >= 15 is 0 Å². The summed E-state index contributed by atoms with van der Waals surface area (Å²) in [5.74, 6) is 0. The first-order valence-corrected chi connectivity index (χ1v) is 9.05. The van der Waals surface area contributed by atoms with Crippen LogP contribution >= 0.6 is 11.3 Å². The van der Waals surface area contributed by atoms with Gasteiger partial charge in [-0.15, -0.1) is 11.3 Å². The van der Waals surface area contributed by atoms with Crippen molar-refractivity contribution in [3.8, 4) is 0 Å². The van der Waals surface area contributed by atoms with Crippen molar-refractivity contribution in [3.63, 3.8) is 0 Å². The van der Waals surface area contributed by atoms with E-state index in [9.17, 15) is 0 Å². The molecule has 2 nitrogen and oxygen atoms in total. The van der Waals surface area contributed by atoms with Crippen LogP contribution in [-0.4, -0.2) is 18.8 Å². The third-order valence-corrected chi connectivity index (χ3v) is 6.41. The summed E-state index contributed by atoms with van der Waals surface area (Å²) in [5.41, 5.74) is 0.430. The lowest BCUT2D eigenvalue weighted by atomic mass is 9.55. The van der Waals surface area contributed by atoms with Gasteiger partial charge in [0.2, 0.25) is 0 Å². The summed E-state index contributed by atoms with van der Waals surface area (Å²) in [6.07, 6.45) is 8.58. The van der Waals surface area contributed by atoms with Crippen LogP contribution in [0.25, 0.3) is 0 Å². The SMILES string of the molecule is CCOC1CC(N[C@H](C)c2cccs2)C12CCCCC2. The molecular formula is C17H27NOS. The Bertz CT molecular complexity index is 411. The van der Waals surface area contributed by atoms with Crippen molar-refractivity contribution >= 4 is 11.3 Å². The number of hydrogen-bond donors (Lipinski definition) is 1. The highest BCUT2D eigenvalue weighted by Crippen LogP contribution is 2.53. The van der Waals surface area contributed by atoms with Crippen LogP contribution in [0.5, 0.6) is 0 Å². The molecule has 3 atom stereocenters. The number of rotatable bonds is 5. The van der Waals surface area contributed by atoms with E-state index in [-0.39, 0.29) is 0 Å². The van der Waals surface area contributed by atoms with Gasteiger partial charge in [0.1, 0.15) is 0 Å². The van der Waals surface area contributed by atoms with E-state index in [2.05, 4.69) is 36.7 Å². The molecule has 0 saturated heterocycles. The molecule has 0 aliphatic heterocycles. The molecule has 0 radical (unpaired) electrons. The monoisotopic (exact) mass is 293 g/mol. The van der Waals surface area contributed by atoms with Gasteiger partial charge in [-0.3, -0.25) is 0 Å². The molecule has 2 aliphatic rings. The Hall–Kier alpha value is -0.380. The minimum Gasteiger partial charge on any atom is -0.378 e. The topological polar surface area (TPSA) is 21.3 Å². The summed E-state index contributed by atoms with van der Waals surface area (Å²) in [7, 11) is 0.